The Labute approximate surface area is 177 Å². The van der Waals surface area contributed by atoms with Crippen LogP contribution in [0.3, 0.4) is 0 Å². The summed E-state index contributed by atoms with van der Waals surface area (Å²) in [6, 6.07) is 14.3. The molecule has 160 valence electrons. The number of anilines is 1. The van der Waals surface area contributed by atoms with Gasteiger partial charge in [0.15, 0.2) is 0 Å². The minimum Gasteiger partial charge on any atom is -0.497 e. The minimum absolute atomic E-state index is 0.0309. The SMILES string of the molecule is COc1ccc(N2CCC(NC(=O)c3cccc(S(=O)(=O)NC4CC4)c3)CC2)cc1. The molecule has 30 heavy (non-hydrogen) atoms. The highest BCUT2D eigenvalue weighted by Crippen LogP contribution is 2.24. The maximum atomic E-state index is 12.7. The van der Waals surface area contributed by atoms with E-state index in [1.165, 1.54) is 12.1 Å². The molecule has 0 aromatic heterocycles. The summed E-state index contributed by atoms with van der Waals surface area (Å²) in [5.74, 6) is 0.596. The van der Waals surface area contributed by atoms with E-state index in [9.17, 15) is 13.2 Å². The summed E-state index contributed by atoms with van der Waals surface area (Å²) < 4.78 is 32.7. The van der Waals surface area contributed by atoms with Gasteiger partial charge in [0, 0.05) is 36.4 Å². The highest BCUT2D eigenvalue weighted by atomic mass is 32.2. The molecule has 1 aliphatic heterocycles. The van der Waals surface area contributed by atoms with E-state index >= 15 is 0 Å². The molecule has 1 saturated heterocycles. The van der Waals surface area contributed by atoms with Gasteiger partial charge in [0.25, 0.3) is 5.91 Å². The molecule has 0 spiro atoms. The van der Waals surface area contributed by atoms with Crippen molar-refractivity contribution in [2.45, 2.75) is 42.7 Å². The summed E-state index contributed by atoms with van der Waals surface area (Å²) in [7, 11) is -1.92. The zero-order valence-corrected chi connectivity index (χ0v) is 17.8. The van der Waals surface area contributed by atoms with Crippen molar-refractivity contribution in [3.63, 3.8) is 0 Å². The molecular weight excluding hydrogens is 402 g/mol. The van der Waals surface area contributed by atoms with E-state index in [0.717, 1.165) is 50.2 Å². The average Bonchev–Trinajstić information content (AvgIpc) is 3.58. The molecule has 1 aliphatic carbocycles. The van der Waals surface area contributed by atoms with E-state index in [2.05, 4.69) is 14.9 Å². The molecule has 1 heterocycles. The number of nitrogens with one attached hydrogen (secondary N) is 2. The van der Waals surface area contributed by atoms with Crippen molar-refractivity contribution in [1.82, 2.24) is 10.0 Å². The van der Waals surface area contributed by atoms with Crippen LogP contribution in [0.1, 0.15) is 36.0 Å². The van der Waals surface area contributed by atoms with Crippen molar-refractivity contribution >= 4 is 21.6 Å². The first-order valence-electron chi connectivity index (χ1n) is 10.3. The Morgan fingerprint density at radius 1 is 1.00 bits per heavy atom. The Hall–Kier alpha value is -2.58. The van der Waals surface area contributed by atoms with E-state index in [-0.39, 0.29) is 22.9 Å². The van der Waals surface area contributed by atoms with Crippen molar-refractivity contribution in [1.29, 1.82) is 0 Å². The normalized spacial score (nSPS) is 17.6. The third kappa shape index (κ3) is 4.94. The summed E-state index contributed by atoms with van der Waals surface area (Å²) in [4.78, 5) is 15.1. The van der Waals surface area contributed by atoms with E-state index in [4.69, 9.17) is 4.74 Å². The Kier molecular flexibility index (Phi) is 5.97. The number of hydrogen-bond acceptors (Lipinski definition) is 5. The molecule has 2 aromatic carbocycles. The lowest BCUT2D eigenvalue weighted by atomic mass is 10.0. The van der Waals surface area contributed by atoms with E-state index in [0.29, 0.717) is 5.56 Å². The smallest absolute Gasteiger partial charge is 0.251 e. The molecule has 2 aromatic rings. The van der Waals surface area contributed by atoms with Gasteiger partial charge in [-0.3, -0.25) is 4.79 Å². The highest BCUT2D eigenvalue weighted by molar-refractivity contribution is 7.89. The number of hydrogen-bond donors (Lipinski definition) is 2. The van der Waals surface area contributed by atoms with Gasteiger partial charge in [-0.25, -0.2) is 13.1 Å². The third-order valence-electron chi connectivity index (χ3n) is 5.57. The van der Waals surface area contributed by atoms with E-state index in [1.54, 1.807) is 19.2 Å². The molecule has 0 bridgehead atoms. The number of benzene rings is 2. The fraction of sp³-hybridized carbons (Fsp3) is 0.409. The molecule has 0 atom stereocenters. The standard InChI is InChI=1S/C22H27N3O4S/c1-29-20-9-7-19(8-10-20)25-13-11-17(12-14-25)23-22(26)16-3-2-4-21(15-16)30(27,28)24-18-5-6-18/h2-4,7-10,15,17-18,24H,5-6,11-14H2,1H3,(H,23,26). The molecular formula is C22H27N3O4S. The molecule has 1 amide bonds. The zero-order chi connectivity index (χ0) is 21.1. The third-order valence-corrected chi connectivity index (χ3v) is 7.09. The number of carbonyl (C=O) groups is 1. The number of carbonyl (C=O) groups excluding carboxylic acids is 1. The predicted octanol–water partition coefficient (Wildman–Crippen LogP) is 2.53. The van der Waals surface area contributed by atoms with Gasteiger partial charge in [0.05, 0.1) is 12.0 Å². The Morgan fingerprint density at radius 2 is 1.70 bits per heavy atom. The van der Waals surface area contributed by atoms with Crippen LogP contribution in [-0.2, 0) is 10.0 Å². The van der Waals surface area contributed by atoms with Crippen molar-refractivity contribution in [3.05, 3.63) is 54.1 Å². The maximum absolute atomic E-state index is 12.7. The van der Waals surface area contributed by atoms with Gasteiger partial charge in [-0.1, -0.05) is 6.07 Å². The van der Waals surface area contributed by atoms with Crippen LogP contribution in [0.15, 0.2) is 53.4 Å². The molecule has 1 saturated carbocycles. The number of nitrogens with zero attached hydrogens (tertiary/aromatic N) is 1. The van der Waals surface area contributed by atoms with E-state index in [1.807, 2.05) is 24.3 Å². The summed E-state index contributed by atoms with van der Waals surface area (Å²) >= 11 is 0. The van der Waals surface area contributed by atoms with Crippen molar-refractivity contribution in [2.75, 3.05) is 25.1 Å². The Balaban J connectivity index is 1.34. The lowest BCUT2D eigenvalue weighted by molar-refractivity contribution is 0.0931. The highest BCUT2D eigenvalue weighted by Gasteiger charge is 2.28. The van der Waals surface area contributed by atoms with Crippen LogP contribution >= 0.6 is 0 Å². The van der Waals surface area contributed by atoms with Crippen LogP contribution in [0.5, 0.6) is 5.75 Å². The van der Waals surface area contributed by atoms with E-state index < -0.39 is 10.0 Å². The van der Waals surface area contributed by atoms with Crippen LogP contribution in [-0.4, -0.2) is 46.6 Å². The predicted molar refractivity (Wildman–Crippen MR) is 115 cm³/mol. The molecule has 2 N–H and O–H groups in total. The summed E-state index contributed by atoms with van der Waals surface area (Å²) in [6.07, 6.45) is 3.40. The molecule has 8 heteroatoms. The lowest BCUT2D eigenvalue weighted by Gasteiger charge is -2.34. The fourth-order valence-electron chi connectivity index (χ4n) is 3.64. The second-order valence-corrected chi connectivity index (χ2v) is 9.57. The van der Waals surface area contributed by atoms with Gasteiger partial charge in [-0.2, -0.15) is 0 Å². The second kappa shape index (κ2) is 8.65. The molecule has 0 radical (unpaired) electrons. The number of rotatable bonds is 7. The number of amides is 1. The molecule has 4 rings (SSSR count). The first-order chi connectivity index (χ1) is 14.4. The van der Waals surface area contributed by atoms with Crippen molar-refractivity contribution in [3.8, 4) is 5.75 Å². The van der Waals surface area contributed by atoms with Gasteiger partial charge in [-0.15, -0.1) is 0 Å². The van der Waals surface area contributed by atoms with Crippen LogP contribution < -0.4 is 19.7 Å². The molecule has 2 aliphatic rings. The Morgan fingerprint density at radius 3 is 2.33 bits per heavy atom. The number of piperidine rings is 1. The molecule has 7 nitrogen and oxygen atoms in total. The molecule has 0 unspecified atom stereocenters. The second-order valence-electron chi connectivity index (χ2n) is 7.86. The summed E-state index contributed by atoms with van der Waals surface area (Å²) in [6.45, 7) is 1.69. The summed E-state index contributed by atoms with van der Waals surface area (Å²) in [5.41, 5.74) is 1.51. The van der Waals surface area contributed by atoms with Crippen molar-refractivity contribution in [2.24, 2.45) is 0 Å². The van der Waals surface area contributed by atoms with Crippen LogP contribution in [0.2, 0.25) is 0 Å². The zero-order valence-electron chi connectivity index (χ0n) is 17.0. The van der Waals surface area contributed by atoms with Gasteiger partial charge in [0.2, 0.25) is 10.0 Å². The number of methoxy groups -OCH3 is 1. The minimum atomic E-state index is -3.57. The van der Waals surface area contributed by atoms with Gasteiger partial charge in [-0.05, 0) is 68.1 Å². The first kappa shape index (κ1) is 20.7. The quantitative estimate of drug-likeness (QED) is 0.706. The van der Waals surface area contributed by atoms with Gasteiger partial charge >= 0.3 is 0 Å². The van der Waals surface area contributed by atoms with Crippen LogP contribution in [0.4, 0.5) is 5.69 Å². The van der Waals surface area contributed by atoms with Crippen LogP contribution in [0, 0.1) is 0 Å². The summed E-state index contributed by atoms with van der Waals surface area (Å²) in [5, 5.41) is 3.06. The Bertz CT molecular complexity index is 995. The first-order valence-corrected chi connectivity index (χ1v) is 11.8. The topological polar surface area (TPSA) is 87.7 Å². The van der Waals surface area contributed by atoms with Gasteiger partial charge < -0.3 is 15.0 Å². The van der Waals surface area contributed by atoms with Crippen LogP contribution in [0.25, 0.3) is 0 Å². The average molecular weight is 430 g/mol. The van der Waals surface area contributed by atoms with Gasteiger partial charge in [0.1, 0.15) is 5.75 Å². The largest absolute Gasteiger partial charge is 0.497 e. The van der Waals surface area contributed by atoms with Crippen molar-refractivity contribution < 1.29 is 17.9 Å². The maximum Gasteiger partial charge on any atom is 0.251 e. The fourth-order valence-corrected chi connectivity index (χ4v) is 4.99. The lowest BCUT2D eigenvalue weighted by Crippen LogP contribution is -2.44. The monoisotopic (exact) mass is 429 g/mol. The number of sulfonamides is 1. The molecule has 2 fully saturated rings. The number of ether oxygens (including phenoxy) is 1.